The third-order valence-corrected chi connectivity index (χ3v) is 9.29. The van der Waals surface area contributed by atoms with Crippen molar-refractivity contribution in [3.05, 3.63) is 88.6 Å². The first kappa shape index (κ1) is 29.8. The van der Waals surface area contributed by atoms with E-state index in [-0.39, 0.29) is 22.8 Å². The average molecular weight is 625 g/mol. The largest absolute Gasteiger partial charge is 0.351 e. The van der Waals surface area contributed by atoms with Crippen LogP contribution in [0.1, 0.15) is 36.4 Å². The lowest BCUT2D eigenvalue weighted by Gasteiger charge is -2.39. The van der Waals surface area contributed by atoms with Crippen LogP contribution < -0.4 is 14.5 Å². The van der Waals surface area contributed by atoms with Crippen molar-refractivity contribution in [1.82, 2.24) is 10.3 Å². The Kier molecular flexibility index (Phi) is 7.92. The molecule has 42 heavy (non-hydrogen) atoms. The molecule has 2 aliphatic rings. The van der Waals surface area contributed by atoms with E-state index in [0.717, 1.165) is 21.3 Å². The number of aryl methyl sites for hydroxylation is 1. The van der Waals surface area contributed by atoms with Gasteiger partial charge in [0.1, 0.15) is 29.5 Å². The Morgan fingerprint density at radius 1 is 1.10 bits per heavy atom. The number of carbonyl (C=O) groups is 2. The summed E-state index contributed by atoms with van der Waals surface area (Å²) in [6.07, 6.45) is -0.126. The molecule has 0 spiro atoms. The van der Waals surface area contributed by atoms with E-state index in [2.05, 4.69) is 10.3 Å². The van der Waals surface area contributed by atoms with Gasteiger partial charge in [0.05, 0.1) is 11.4 Å². The van der Waals surface area contributed by atoms with Crippen LogP contribution in [0.25, 0.3) is 0 Å². The van der Waals surface area contributed by atoms with Crippen LogP contribution in [0.4, 0.5) is 29.1 Å². The molecule has 2 fully saturated rings. The van der Waals surface area contributed by atoms with Crippen molar-refractivity contribution in [2.75, 3.05) is 15.0 Å². The molecule has 1 saturated carbocycles. The Morgan fingerprint density at radius 3 is 2.38 bits per heavy atom. The summed E-state index contributed by atoms with van der Waals surface area (Å²) in [5.74, 6) is -7.55. The number of sulfonamides is 1. The molecule has 0 radical (unpaired) electrons. The molecule has 222 valence electrons. The molecule has 2 atom stereocenters. The SMILES string of the molecule is Cc1ccnc(N2[C@H](C(=O)N(c3cc(F)cc(F)c3)[C@@H](C(=O)NC3CC(F)(F)C3)c3ccccc3Cl)CCS2(=O)=O)c1. The number of alkyl halides is 2. The average Bonchev–Trinajstić information content (AvgIpc) is 3.20. The fraction of sp³-hybridized carbons (Fsp3) is 0.321. The second kappa shape index (κ2) is 11.2. The van der Waals surface area contributed by atoms with Gasteiger partial charge in [-0.15, -0.1) is 0 Å². The van der Waals surface area contributed by atoms with E-state index in [4.69, 9.17) is 11.6 Å². The van der Waals surface area contributed by atoms with Gasteiger partial charge in [-0.1, -0.05) is 29.8 Å². The molecule has 5 rings (SSSR count). The van der Waals surface area contributed by atoms with Crippen LogP contribution in [0.15, 0.2) is 60.8 Å². The van der Waals surface area contributed by atoms with E-state index in [9.17, 15) is 35.6 Å². The highest BCUT2D eigenvalue weighted by Crippen LogP contribution is 2.40. The van der Waals surface area contributed by atoms with Gasteiger partial charge in [0.15, 0.2) is 0 Å². The Labute approximate surface area is 244 Å². The number of carbonyl (C=O) groups excluding carboxylic acids is 2. The predicted molar refractivity (Wildman–Crippen MR) is 148 cm³/mol. The summed E-state index contributed by atoms with van der Waals surface area (Å²) in [5, 5.41) is 2.49. The molecule has 2 aromatic carbocycles. The van der Waals surface area contributed by atoms with Crippen LogP contribution in [-0.4, -0.2) is 49.0 Å². The Hall–Kier alpha value is -3.71. The van der Waals surface area contributed by atoms with E-state index >= 15 is 0 Å². The smallest absolute Gasteiger partial charge is 0.252 e. The highest BCUT2D eigenvalue weighted by atomic mass is 35.5. The minimum Gasteiger partial charge on any atom is -0.351 e. The van der Waals surface area contributed by atoms with Crippen molar-refractivity contribution >= 4 is 44.9 Å². The number of benzene rings is 2. The maximum atomic E-state index is 14.5. The van der Waals surface area contributed by atoms with Crippen molar-refractivity contribution in [3.63, 3.8) is 0 Å². The van der Waals surface area contributed by atoms with Gasteiger partial charge in [-0.3, -0.25) is 14.5 Å². The van der Waals surface area contributed by atoms with E-state index in [1.54, 1.807) is 19.1 Å². The van der Waals surface area contributed by atoms with Gasteiger partial charge in [-0.2, -0.15) is 0 Å². The number of halogens is 5. The zero-order chi connectivity index (χ0) is 30.4. The fourth-order valence-corrected chi connectivity index (χ4v) is 7.14. The van der Waals surface area contributed by atoms with Crippen molar-refractivity contribution in [2.45, 2.75) is 50.2 Å². The molecule has 1 N–H and O–H groups in total. The first-order chi connectivity index (χ1) is 19.8. The van der Waals surface area contributed by atoms with Gasteiger partial charge in [0.25, 0.3) is 11.8 Å². The second-order valence-corrected chi connectivity index (χ2v) is 12.7. The van der Waals surface area contributed by atoms with Gasteiger partial charge in [-0.25, -0.2) is 35.3 Å². The lowest BCUT2D eigenvalue weighted by molar-refractivity contribution is -0.133. The minimum absolute atomic E-state index is 0.00233. The standard InChI is InChI=1S/C28H25ClF4N4O4S/c1-16-6-8-34-24(10-16)37-23(7-9-42(37,40)41)27(39)36(20-12-17(30)11-18(31)13-20)25(21-4-2-3-5-22(21)29)26(38)35-19-14-28(32,33)15-19/h2-6,8,10-13,19,23,25H,7,9,14-15H2,1H3,(H,35,38)/t23-,25+/m0/s1. The number of nitrogens with zero attached hydrogens (tertiary/aromatic N) is 3. The van der Waals surface area contributed by atoms with Gasteiger partial charge in [0.2, 0.25) is 15.9 Å². The molecular formula is C28H25ClF4N4O4S. The summed E-state index contributed by atoms with van der Waals surface area (Å²) in [6.45, 7) is 1.70. The highest BCUT2D eigenvalue weighted by molar-refractivity contribution is 7.93. The maximum Gasteiger partial charge on any atom is 0.252 e. The number of amides is 2. The number of hydrogen-bond acceptors (Lipinski definition) is 5. The van der Waals surface area contributed by atoms with Crippen LogP contribution >= 0.6 is 11.6 Å². The van der Waals surface area contributed by atoms with E-state index in [0.29, 0.717) is 11.6 Å². The minimum atomic E-state index is -4.06. The summed E-state index contributed by atoms with van der Waals surface area (Å²) >= 11 is 6.44. The van der Waals surface area contributed by atoms with Crippen LogP contribution in [0.3, 0.4) is 0 Å². The van der Waals surface area contributed by atoms with Crippen molar-refractivity contribution in [2.24, 2.45) is 0 Å². The molecule has 3 aromatic rings. The normalized spacial score (nSPS) is 20.0. The molecule has 1 aromatic heterocycles. The quantitative estimate of drug-likeness (QED) is 0.377. The van der Waals surface area contributed by atoms with Gasteiger partial charge >= 0.3 is 0 Å². The van der Waals surface area contributed by atoms with Crippen LogP contribution in [0.5, 0.6) is 0 Å². The molecule has 2 heterocycles. The highest BCUT2D eigenvalue weighted by Gasteiger charge is 2.49. The molecule has 0 unspecified atom stereocenters. The summed E-state index contributed by atoms with van der Waals surface area (Å²) in [6, 6.07) is 7.08. The number of rotatable bonds is 7. The molecule has 8 nitrogen and oxygen atoms in total. The molecule has 1 aliphatic carbocycles. The third kappa shape index (κ3) is 5.93. The topological polar surface area (TPSA) is 99.7 Å². The van der Waals surface area contributed by atoms with E-state index < -0.39 is 81.8 Å². The third-order valence-electron chi connectivity index (χ3n) is 7.15. The first-order valence-corrected chi connectivity index (χ1v) is 14.9. The van der Waals surface area contributed by atoms with Crippen molar-refractivity contribution < 1.29 is 35.6 Å². The van der Waals surface area contributed by atoms with Crippen molar-refractivity contribution in [1.29, 1.82) is 0 Å². The Balaban J connectivity index is 1.65. The maximum absolute atomic E-state index is 14.5. The number of nitrogens with one attached hydrogen (secondary N) is 1. The monoisotopic (exact) mass is 624 g/mol. The number of anilines is 2. The number of aromatic nitrogens is 1. The van der Waals surface area contributed by atoms with E-state index in [1.807, 2.05) is 0 Å². The summed E-state index contributed by atoms with van der Waals surface area (Å²) in [7, 11) is -4.06. The van der Waals surface area contributed by atoms with Gasteiger partial charge < -0.3 is 5.32 Å². The summed E-state index contributed by atoms with van der Waals surface area (Å²) < 4.78 is 83.4. The molecule has 2 amide bonds. The number of hydrogen-bond donors (Lipinski definition) is 1. The molecule has 1 saturated heterocycles. The van der Waals surface area contributed by atoms with E-state index in [1.165, 1.54) is 30.5 Å². The lowest BCUT2D eigenvalue weighted by atomic mass is 9.87. The fourth-order valence-electron chi connectivity index (χ4n) is 5.22. The zero-order valence-electron chi connectivity index (χ0n) is 22.1. The van der Waals surface area contributed by atoms with Gasteiger partial charge in [0, 0.05) is 41.7 Å². The van der Waals surface area contributed by atoms with Crippen LogP contribution in [0, 0.1) is 18.6 Å². The second-order valence-electron chi connectivity index (χ2n) is 10.3. The Morgan fingerprint density at radius 2 is 1.76 bits per heavy atom. The predicted octanol–water partition coefficient (Wildman–Crippen LogP) is 4.92. The molecule has 1 aliphatic heterocycles. The Bertz CT molecular complexity index is 1630. The van der Waals surface area contributed by atoms with Crippen molar-refractivity contribution in [3.8, 4) is 0 Å². The van der Waals surface area contributed by atoms with Crippen LogP contribution in [0.2, 0.25) is 5.02 Å². The first-order valence-electron chi connectivity index (χ1n) is 12.9. The lowest BCUT2D eigenvalue weighted by Crippen LogP contribution is -2.56. The number of pyridine rings is 1. The summed E-state index contributed by atoms with van der Waals surface area (Å²) in [4.78, 5) is 33.1. The molecule has 0 bridgehead atoms. The zero-order valence-corrected chi connectivity index (χ0v) is 23.7. The molecular weight excluding hydrogens is 600 g/mol. The van der Waals surface area contributed by atoms with Crippen LogP contribution in [-0.2, 0) is 19.6 Å². The summed E-state index contributed by atoms with van der Waals surface area (Å²) in [5.41, 5.74) is 0.280. The van der Waals surface area contributed by atoms with Gasteiger partial charge in [-0.05, 0) is 49.2 Å². The molecule has 14 heteroatoms.